The van der Waals surface area contributed by atoms with Crippen LogP contribution in [0.4, 0.5) is 5.69 Å². The fourth-order valence-electron chi connectivity index (χ4n) is 2.96. The highest BCUT2D eigenvalue weighted by molar-refractivity contribution is 5.91. The Hall–Kier alpha value is -3.27. The Morgan fingerprint density at radius 3 is 2.34 bits per heavy atom. The number of anilines is 1. The van der Waals surface area contributed by atoms with Gasteiger partial charge in [0, 0.05) is 5.69 Å². The van der Waals surface area contributed by atoms with Crippen molar-refractivity contribution in [2.75, 3.05) is 11.9 Å². The Kier molecular flexibility index (Phi) is 6.90. The molecule has 0 aliphatic rings. The molecule has 1 N–H and O–H groups in total. The first kappa shape index (κ1) is 20.5. The van der Waals surface area contributed by atoms with Crippen LogP contribution in [0.3, 0.4) is 0 Å². The van der Waals surface area contributed by atoms with Crippen molar-refractivity contribution in [2.45, 2.75) is 33.3 Å². The van der Waals surface area contributed by atoms with Crippen molar-refractivity contribution in [2.24, 2.45) is 0 Å². The van der Waals surface area contributed by atoms with Crippen LogP contribution < -0.4 is 14.8 Å². The predicted octanol–water partition coefficient (Wildman–Crippen LogP) is 5.71. The van der Waals surface area contributed by atoms with Gasteiger partial charge in [-0.15, -0.1) is 0 Å². The van der Waals surface area contributed by atoms with Crippen molar-refractivity contribution < 1.29 is 14.3 Å². The van der Waals surface area contributed by atoms with E-state index in [4.69, 9.17) is 9.47 Å². The van der Waals surface area contributed by atoms with Crippen LogP contribution in [0.5, 0.6) is 11.5 Å². The van der Waals surface area contributed by atoms with Gasteiger partial charge in [-0.1, -0.05) is 56.3 Å². The maximum atomic E-state index is 12.3. The fourth-order valence-corrected chi connectivity index (χ4v) is 2.96. The van der Waals surface area contributed by atoms with Gasteiger partial charge in [-0.05, 0) is 59.9 Å². The third kappa shape index (κ3) is 6.11. The quantitative estimate of drug-likeness (QED) is 0.536. The lowest BCUT2D eigenvalue weighted by Crippen LogP contribution is -2.20. The molecule has 0 fully saturated rings. The number of hydrogen-bond donors (Lipinski definition) is 1. The number of aryl methyl sites for hydroxylation is 1. The molecule has 0 radical (unpaired) electrons. The number of amides is 1. The van der Waals surface area contributed by atoms with Crippen molar-refractivity contribution in [1.29, 1.82) is 0 Å². The Bertz CT molecular complexity index is 934. The van der Waals surface area contributed by atoms with Crippen molar-refractivity contribution >= 4 is 11.6 Å². The van der Waals surface area contributed by atoms with Gasteiger partial charge in [-0.2, -0.15) is 0 Å². The molecule has 0 aliphatic heterocycles. The summed E-state index contributed by atoms with van der Waals surface area (Å²) in [7, 11) is 0. The molecule has 4 nitrogen and oxygen atoms in total. The molecule has 4 heteroatoms. The highest BCUT2D eigenvalue weighted by Crippen LogP contribution is 2.27. The topological polar surface area (TPSA) is 47.6 Å². The summed E-state index contributed by atoms with van der Waals surface area (Å²) in [6.07, 6.45) is 0. The van der Waals surface area contributed by atoms with Gasteiger partial charge in [0.05, 0.1) is 0 Å². The van der Waals surface area contributed by atoms with Gasteiger partial charge >= 0.3 is 0 Å². The second kappa shape index (κ2) is 9.78. The van der Waals surface area contributed by atoms with Gasteiger partial charge in [-0.25, -0.2) is 0 Å². The number of benzene rings is 3. The van der Waals surface area contributed by atoms with E-state index in [-0.39, 0.29) is 12.5 Å². The molecular weight excluding hydrogens is 362 g/mol. The Morgan fingerprint density at radius 1 is 0.931 bits per heavy atom. The molecule has 0 saturated heterocycles. The average Bonchev–Trinajstić information content (AvgIpc) is 2.72. The molecule has 0 bridgehead atoms. The molecule has 1 amide bonds. The van der Waals surface area contributed by atoms with Crippen molar-refractivity contribution in [1.82, 2.24) is 0 Å². The summed E-state index contributed by atoms with van der Waals surface area (Å²) in [4.78, 5) is 12.3. The minimum atomic E-state index is -0.195. The van der Waals surface area contributed by atoms with Crippen molar-refractivity contribution in [3.63, 3.8) is 0 Å². The Labute approximate surface area is 172 Å². The standard InChI is InChI=1S/C25H27NO3/c1-18(2)23-14-9-19(3)15-24(23)29-17-25(27)26-21-10-12-22(13-11-21)28-16-20-7-5-4-6-8-20/h4-15,18H,16-17H2,1-3H3,(H,26,27). The number of ether oxygens (including phenoxy) is 2. The van der Waals surface area contributed by atoms with E-state index in [1.165, 1.54) is 0 Å². The minimum absolute atomic E-state index is 0.0323. The van der Waals surface area contributed by atoms with Gasteiger partial charge < -0.3 is 14.8 Å². The van der Waals surface area contributed by atoms with E-state index in [9.17, 15) is 4.79 Å². The zero-order valence-electron chi connectivity index (χ0n) is 17.1. The first-order valence-electron chi connectivity index (χ1n) is 9.81. The maximum Gasteiger partial charge on any atom is 0.262 e. The van der Waals surface area contributed by atoms with Gasteiger partial charge in [0.25, 0.3) is 5.91 Å². The molecular formula is C25H27NO3. The minimum Gasteiger partial charge on any atom is -0.489 e. The zero-order valence-corrected chi connectivity index (χ0v) is 17.1. The number of rotatable bonds is 8. The smallest absolute Gasteiger partial charge is 0.262 e. The van der Waals surface area contributed by atoms with E-state index in [1.54, 1.807) is 0 Å². The number of carbonyl (C=O) groups excluding carboxylic acids is 1. The van der Waals surface area contributed by atoms with Gasteiger partial charge in [0.15, 0.2) is 6.61 Å². The molecule has 3 aromatic rings. The van der Waals surface area contributed by atoms with Gasteiger partial charge in [0.2, 0.25) is 0 Å². The lowest BCUT2D eigenvalue weighted by molar-refractivity contribution is -0.118. The lowest BCUT2D eigenvalue weighted by Gasteiger charge is -2.15. The first-order chi connectivity index (χ1) is 14.0. The molecule has 3 aromatic carbocycles. The predicted molar refractivity (Wildman–Crippen MR) is 117 cm³/mol. The molecule has 0 heterocycles. The van der Waals surface area contributed by atoms with E-state index in [0.29, 0.717) is 18.2 Å². The highest BCUT2D eigenvalue weighted by atomic mass is 16.5. The van der Waals surface area contributed by atoms with E-state index in [1.807, 2.05) is 67.6 Å². The Morgan fingerprint density at radius 2 is 1.66 bits per heavy atom. The summed E-state index contributed by atoms with van der Waals surface area (Å²) in [5.41, 5.74) is 4.03. The van der Waals surface area contributed by atoms with Crippen LogP contribution in [0.15, 0.2) is 72.8 Å². The van der Waals surface area contributed by atoms with Crippen LogP contribution in [0, 0.1) is 6.92 Å². The highest BCUT2D eigenvalue weighted by Gasteiger charge is 2.10. The normalized spacial score (nSPS) is 10.6. The molecule has 0 unspecified atom stereocenters. The van der Waals surface area contributed by atoms with Gasteiger partial charge in [-0.3, -0.25) is 4.79 Å². The molecule has 3 rings (SSSR count). The van der Waals surface area contributed by atoms with Crippen LogP contribution in [0.25, 0.3) is 0 Å². The molecule has 150 valence electrons. The molecule has 0 atom stereocenters. The average molecular weight is 389 g/mol. The lowest BCUT2D eigenvalue weighted by atomic mass is 10.0. The summed E-state index contributed by atoms with van der Waals surface area (Å²) in [5.74, 6) is 1.65. The SMILES string of the molecule is Cc1ccc(C(C)C)c(OCC(=O)Nc2ccc(OCc3ccccc3)cc2)c1. The van der Waals surface area contributed by atoms with Crippen LogP contribution in [-0.2, 0) is 11.4 Å². The van der Waals surface area contributed by atoms with E-state index in [0.717, 1.165) is 28.2 Å². The molecule has 29 heavy (non-hydrogen) atoms. The monoisotopic (exact) mass is 389 g/mol. The summed E-state index contributed by atoms with van der Waals surface area (Å²) in [5, 5.41) is 2.86. The van der Waals surface area contributed by atoms with Gasteiger partial charge in [0.1, 0.15) is 18.1 Å². The van der Waals surface area contributed by atoms with E-state index >= 15 is 0 Å². The van der Waals surface area contributed by atoms with Crippen molar-refractivity contribution in [3.05, 3.63) is 89.5 Å². The second-order valence-corrected chi connectivity index (χ2v) is 7.33. The van der Waals surface area contributed by atoms with Crippen LogP contribution in [0.2, 0.25) is 0 Å². The number of carbonyl (C=O) groups is 1. The first-order valence-corrected chi connectivity index (χ1v) is 9.81. The third-order valence-electron chi connectivity index (χ3n) is 4.54. The van der Waals surface area contributed by atoms with Crippen LogP contribution >= 0.6 is 0 Å². The second-order valence-electron chi connectivity index (χ2n) is 7.33. The summed E-state index contributed by atoms with van der Waals surface area (Å²) in [6.45, 7) is 6.71. The number of hydrogen-bond acceptors (Lipinski definition) is 3. The molecule has 0 spiro atoms. The van der Waals surface area contributed by atoms with Crippen LogP contribution in [-0.4, -0.2) is 12.5 Å². The van der Waals surface area contributed by atoms with E-state index < -0.39 is 0 Å². The summed E-state index contributed by atoms with van der Waals surface area (Å²) in [6, 6.07) is 23.4. The molecule has 0 saturated carbocycles. The van der Waals surface area contributed by atoms with Crippen molar-refractivity contribution in [3.8, 4) is 11.5 Å². The molecule has 0 aliphatic carbocycles. The summed E-state index contributed by atoms with van der Waals surface area (Å²) < 4.78 is 11.6. The maximum absolute atomic E-state index is 12.3. The fraction of sp³-hybridized carbons (Fsp3) is 0.240. The zero-order chi connectivity index (χ0) is 20.6. The largest absolute Gasteiger partial charge is 0.489 e. The molecule has 0 aromatic heterocycles. The van der Waals surface area contributed by atoms with E-state index in [2.05, 4.69) is 31.3 Å². The third-order valence-corrected chi connectivity index (χ3v) is 4.54. The number of nitrogens with one attached hydrogen (secondary N) is 1. The Balaban J connectivity index is 1.51. The van der Waals surface area contributed by atoms with Crippen LogP contribution in [0.1, 0.15) is 36.5 Å². The summed E-state index contributed by atoms with van der Waals surface area (Å²) >= 11 is 0.